The summed E-state index contributed by atoms with van der Waals surface area (Å²) < 4.78 is 4.40. The number of aromatic nitrogens is 4. The molecule has 0 aliphatic carbocycles. The lowest BCUT2D eigenvalue weighted by molar-refractivity contribution is 0.928. The number of benzene rings is 2. The normalized spacial score (nSPS) is 11.6. The summed E-state index contributed by atoms with van der Waals surface area (Å²) in [4.78, 5) is 14.6. The number of thioether (sulfide) groups is 1. The Morgan fingerprint density at radius 1 is 1.07 bits per heavy atom. The van der Waals surface area contributed by atoms with Crippen molar-refractivity contribution in [2.75, 3.05) is 0 Å². The second kappa shape index (κ2) is 7.58. The minimum atomic E-state index is -0.0981. The van der Waals surface area contributed by atoms with E-state index in [0.29, 0.717) is 11.2 Å². The van der Waals surface area contributed by atoms with E-state index in [4.69, 9.17) is 11.6 Å². The average molecular weight is 453 g/mol. The zero-order valence-electron chi connectivity index (χ0n) is 16.3. The van der Waals surface area contributed by atoms with Gasteiger partial charge in [0.2, 0.25) is 5.78 Å². The van der Waals surface area contributed by atoms with Gasteiger partial charge in [-0.2, -0.15) is 0 Å². The Bertz CT molecular complexity index is 1470. The van der Waals surface area contributed by atoms with E-state index in [-0.39, 0.29) is 5.56 Å². The molecule has 0 N–H and O–H groups in total. The van der Waals surface area contributed by atoms with Crippen LogP contribution in [0.1, 0.15) is 16.0 Å². The number of halogens is 1. The second-order valence-corrected chi connectivity index (χ2v) is 9.80. The first kappa shape index (κ1) is 19.4. The number of para-hydroxylation sites is 1. The molecule has 0 saturated carbocycles. The van der Waals surface area contributed by atoms with E-state index in [1.165, 1.54) is 0 Å². The van der Waals surface area contributed by atoms with E-state index in [1.54, 1.807) is 27.7 Å². The van der Waals surface area contributed by atoms with Crippen LogP contribution >= 0.6 is 34.7 Å². The third kappa shape index (κ3) is 3.23. The zero-order valence-corrected chi connectivity index (χ0v) is 18.7. The Labute approximate surface area is 186 Å². The Hall–Kier alpha value is -2.61. The van der Waals surface area contributed by atoms with Crippen LogP contribution < -0.4 is 5.56 Å². The summed E-state index contributed by atoms with van der Waals surface area (Å²) in [5.41, 5.74) is 3.68. The molecule has 2 aromatic carbocycles. The predicted octanol–water partition coefficient (Wildman–Crippen LogP) is 5.66. The Morgan fingerprint density at radius 2 is 1.90 bits per heavy atom. The molecule has 5 rings (SSSR count). The molecule has 5 aromatic rings. The number of thiophene rings is 1. The molecule has 3 heterocycles. The Balaban J connectivity index is 1.75. The third-order valence-corrected chi connectivity index (χ3v) is 7.35. The van der Waals surface area contributed by atoms with Crippen molar-refractivity contribution < 1.29 is 0 Å². The molecule has 0 aliphatic rings. The SMILES string of the molecule is Cc1ccc(-n2c(=O)c3ccccc3n3c(SCc4ccc(Cl)s4)nnc23)c(C)c1. The Morgan fingerprint density at radius 3 is 2.67 bits per heavy atom. The molecule has 30 heavy (non-hydrogen) atoms. The molecule has 0 spiro atoms. The van der Waals surface area contributed by atoms with Crippen molar-refractivity contribution >= 4 is 51.4 Å². The number of aryl methyl sites for hydroxylation is 2. The number of fused-ring (bicyclic) bond motifs is 3. The maximum atomic E-state index is 13.4. The lowest BCUT2D eigenvalue weighted by atomic mass is 10.1. The van der Waals surface area contributed by atoms with Crippen LogP contribution in [0.15, 0.2) is 64.5 Å². The summed E-state index contributed by atoms with van der Waals surface area (Å²) in [6, 6.07) is 17.6. The van der Waals surface area contributed by atoms with Gasteiger partial charge in [0, 0.05) is 10.6 Å². The van der Waals surface area contributed by atoms with Crippen LogP contribution in [0.25, 0.3) is 22.4 Å². The lowest BCUT2D eigenvalue weighted by Crippen LogP contribution is -2.22. The standard InChI is InChI=1S/C22H17ClN4OS2/c1-13-7-9-17(14(2)11-13)26-20(28)16-5-3-4-6-18(16)27-21(26)24-25-22(27)29-12-15-8-10-19(23)30-15/h3-11H,12H2,1-2H3. The van der Waals surface area contributed by atoms with Crippen LogP contribution in [0.5, 0.6) is 0 Å². The van der Waals surface area contributed by atoms with Gasteiger partial charge in [0.05, 0.1) is 20.9 Å². The average Bonchev–Trinajstić information content (AvgIpc) is 3.34. The molecule has 8 heteroatoms. The summed E-state index contributed by atoms with van der Waals surface area (Å²) in [7, 11) is 0. The van der Waals surface area contributed by atoms with Gasteiger partial charge in [-0.3, -0.25) is 9.20 Å². The number of rotatable bonds is 4. The highest BCUT2D eigenvalue weighted by Crippen LogP contribution is 2.30. The molecule has 5 nitrogen and oxygen atoms in total. The smallest absolute Gasteiger partial charge is 0.267 e. The zero-order chi connectivity index (χ0) is 20.8. The van der Waals surface area contributed by atoms with E-state index in [1.807, 2.05) is 66.8 Å². The maximum absolute atomic E-state index is 13.4. The number of hydrogen-bond acceptors (Lipinski definition) is 5. The van der Waals surface area contributed by atoms with Crippen LogP contribution in [0.2, 0.25) is 4.34 Å². The van der Waals surface area contributed by atoms with Gasteiger partial charge in [0.15, 0.2) is 5.16 Å². The molecule has 0 bridgehead atoms. The molecule has 0 fully saturated rings. The van der Waals surface area contributed by atoms with Crippen LogP contribution in [-0.2, 0) is 5.75 Å². The van der Waals surface area contributed by atoms with Gasteiger partial charge in [-0.25, -0.2) is 4.57 Å². The molecular weight excluding hydrogens is 436 g/mol. The summed E-state index contributed by atoms with van der Waals surface area (Å²) >= 11 is 9.20. The fraction of sp³-hybridized carbons (Fsp3) is 0.136. The van der Waals surface area contributed by atoms with E-state index >= 15 is 0 Å². The minimum absolute atomic E-state index is 0.0981. The summed E-state index contributed by atoms with van der Waals surface area (Å²) in [5.74, 6) is 1.24. The van der Waals surface area contributed by atoms with Crippen LogP contribution in [-0.4, -0.2) is 19.2 Å². The van der Waals surface area contributed by atoms with E-state index in [9.17, 15) is 4.79 Å². The van der Waals surface area contributed by atoms with Crippen molar-refractivity contribution in [1.29, 1.82) is 0 Å². The van der Waals surface area contributed by atoms with E-state index < -0.39 is 0 Å². The van der Waals surface area contributed by atoms with Gasteiger partial charge < -0.3 is 0 Å². The third-order valence-electron chi connectivity index (χ3n) is 4.96. The molecule has 0 aliphatic heterocycles. The lowest BCUT2D eigenvalue weighted by Gasteiger charge is -2.13. The summed E-state index contributed by atoms with van der Waals surface area (Å²) in [6.07, 6.45) is 0. The molecular formula is C22H17ClN4OS2. The summed E-state index contributed by atoms with van der Waals surface area (Å²) in [6.45, 7) is 4.05. The van der Waals surface area contributed by atoms with E-state index in [2.05, 4.69) is 16.3 Å². The van der Waals surface area contributed by atoms with Gasteiger partial charge in [-0.1, -0.05) is 53.2 Å². The first-order valence-corrected chi connectivity index (χ1v) is 11.5. The number of hydrogen-bond donors (Lipinski definition) is 0. The molecule has 0 amide bonds. The maximum Gasteiger partial charge on any atom is 0.267 e. The van der Waals surface area contributed by atoms with Crippen LogP contribution in [0.4, 0.5) is 0 Å². The fourth-order valence-electron chi connectivity index (χ4n) is 3.61. The Kier molecular flexibility index (Phi) is 4.89. The first-order valence-electron chi connectivity index (χ1n) is 9.36. The second-order valence-electron chi connectivity index (χ2n) is 7.06. The van der Waals surface area contributed by atoms with E-state index in [0.717, 1.165) is 42.5 Å². The summed E-state index contributed by atoms with van der Waals surface area (Å²) in [5, 5.41) is 10.2. The van der Waals surface area contributed by atoms with Crippen molar-refractivity contribution in [3.63, 3.8) is 0 Å². The van der Waals surface area contributed by atoms with Crippen molar-refractivity contribution in [2.24, 2.45) is 0 Å². The monoisotopic (exact) mass is 452 g/mol. The topological polar surface area (TPSA) is 52.2 Å². The quantitative estimate of drug-likeness (QED) is 0.330. The van der Waals surface area contributed by atoms with Gasteiger partial charge in [-0.05, 0) is 49.7 Å². The highest BCUT2D eigenvalue weighted by Gasteiger charge is 2.19. The fourth-order valence-corrected chi connectivity index (χ4v) is 5.68. The molecule has 3 aromatic heterocycles. The number of nitrogens with zero attached hydrogens (tertiary/aromatic N) is 4. The van der Waals surface area contributed by atoms with Gasteiger partial charge in [0.1, 0.15) is 0 Å². The van der Waals surface area contributed by atoms with Crippen molar-refractivity contribution in [2.45, 2.75) is 24.8 Å². The molecule has 0 unspecified atom stereocenters. The predicted molar refractivity (Wildman–Crippen MR) is 124 cm³/mol. The van der Waals surface area contributed by atoms with Gasteiger partial charge >= 0.3 is 0 Å². The molecule has 0 saturated heterocycles. The molecule has 0 atom stereocenters. The van der Waals surface area contributed by atoms with Crippen molar-refractivity contribution in [3.8, 4) is 5.69 Å². The van der Waals surface area contributed by atoms with Crippen LogP contribution in [0.3, 0.4) is 0 Å². The van der Waals surface area contributed by atoms with Gasteiger partial charge in [-0.15, -0.1) is 21.5 Å². The highest BCUT2D eigenvalue weighted by molar-refractivity contribution is 7.98. The molecule has 150 valence electrons. The highest BCUT2D eigenvalue weighted by atomic mass is 35.5. The molecule has 0 radical (unpaired) electrons. The van der Waals surface area contributed by atoms with Crippen molar-refractivity contribution in [3.05, 3.63) is 85.3 Å². The minimum Gasteiger partial charge on any atom is -0.268 e. The first-order chi connectivity index (χ1) is 14.5. The van der Waals surface area contributed by atoms with Gasteiger partial charge in [0.25, 0.3) is 5.56 Å². The van der Waals surface area contributed by atoms with Crippen molar-refractivity contribution in [1.82, 2.24) is 19.2 Å². The largest absolute Gasteiger partial charge is 0.268 e. The van der Waals surface area contributed by atoms with Crippen LogP contribution in [0, 0.1) is 13.8 Å².